The molecule has 77 heavy (non-hydrogen) atoms. The van der Waals surface area contributed by atoms with E-state index in [0.717, 1.165) is 57.8 Å². The van der Waals surface area contributed by atoms with Crippen LogP contribution in [-0.4, -0.2) is 184 Å². The number of amides is 4. The van der Waals surface area contributed by atoms with Crippen LogP contribution in [0.15, 0.2) is 33.5 Å². The van der Waals surface area contributed by atoms with Gasteiger partial charge in [-0.25, -0.2) is 19.2 Å². The Bertz CT molecular complexity index is 1940. The molecule has 28 nitrogen and oxygen atoms in total. The molecule has 4 aliphatic rings. The lowest BCUT2D eigenvalue weighted by molar-refractivity contribution is -0.125. The Morgan fingerprint density at radius 3 is 1.19 bits per heavy atom. The van der Waals surface area contributed by atoms with Crippen LogP contribution in [0, 0.1) is 0 Å². The van der Waals surface area contributed by atoms with E-state index >= 15 is 0 Å². The van der Waals surface area contributed by atoms with Crippen molar-refractivity contribution in [3.05, 3.63) is 23.7 Å². The number of rotatable bonds is 28. The topological polar surface area (TPSA) is 378 Å². The van der Waals surface area contributed by atoms with Gasteiger partial charge in [0.05, 0.1) is 35.7 Å². The molecule has 10 atom stereocenters. The summed E-state index contributed by atoms with van der Waals surface area (Å²) in [6.07, 6.45) is 3.19. The zero-order valence-electron chi connectivity index (χ0n) is 45.2. The molecule has 12 N–H and O–H groups in total. The zero-order valence-corrected chi connectivity index (χ0v) is 45.2. The Balaban J connectivity index is 1.16. The third-order valence-corrected chi connectivity index (χ3v) is 12.1. The lowest BCUT2D eigenvalue weighted by Gasteiger charge is -2.41. The number of unbranched alkanes of at least 4 members (excludes halogenated alkanes) is 10. The fourth-order valence-electron chi connectivity index (χ4n) is 8.98. The standard InChI is InChI=1S/C45H78B4N10O18/c1-26-22-30(54-40(56-46(5)66)57-47(6)67)34(52-28(3)60)38(72-26)36(32-24-70-44(64)74-32)76-42(62)50-20-18-16-14-12-10-9-11-13-15-17-19-21-51-43(63)77-37(33-25-71-45(65)75-33)39-35(53-29(4)61)31(23-27(2)73-39)55-41(58-48(7)68)59-49(8)69/h22-23,30-39,66-69H,9-21,24-25H2,1-8H3,(H,50,62)(H,51,63)(H,52,60)(H,53,61)(H2,54,56,57)(H2,55,58,59)/t30?,31?,32?,33?,34-,35-,36-,37-,38-,39-/m1/s1. The average molecular weight is 1090 g/mol. The number of allylic oxidation sites excluding steroid dienone is 2. The van der Waals surface area contributed by atoms with E-state index in [1.165, 1.54) is 41.1 Å². The number of carbonyl (C=O) groups excluding carboxylic acids is 6. The van der Waals surface area contributed by atoms with E-state index in [-0.39, 0.29) is 25.1 Å². The second kappa shape index (κ2) is 32.5. The van der Waals surface area contributed by atoms with Crippen LogP contribution in [0.5, 0.6) is 0 Å². The minimum Gasteiger partial charge on any atom is -0.489 e. The largest absolute Gasteiger partial charge is 0.508 e. The van der Waals surface area contributed by atoms with E-state index < -0.39 is 125 Å². The molecule has 4 aliphatic heterocycles. The quantitative estimate of drug-likeness (QED) is 0.0126. The van der Waals surface area contributed by atoms with Crippen molar-refractivity contribution in [2.24, 2.45) is 9.81 Å². The SMILES string of the molecule is CB(O)N=C(NB(C)O)NC1C=C(C)O[C@@H]([C@H](OC(=O)NCCCCCCCCCCCCCNC(=O)O[C@H](C2COC(=O)O2)[C@@H]2OC(C)=CC(NC(=NB(C)O)NB(C)O)[C@H]2NC(C)=O)C2COC(=O)O2)[C@@H]1NC(C)=O. The van der Waals surface area contributed by atoms with Gasteiger partial charge in [-0.3, -0.25) is 19.4 Å². The summed E-state index contributed by atoms with van der Waals surface area (Å²) < 4.78 is 44.7. The van der Waals surface area contributed by atoms with Gasteiger partial charge in [0.1, 0.15) is 13.2 Å². The van der Waals surface area contributed by atoms with Gasteiger partial charge in [-0.1, -0.05) is 57.8 Å². The monoisotopic (exact) mass is 1090 g/mol. The van der Waals surface area contributed by atoms with E-state index in [2.05, 4.69) is 52.2 Å². The first-order valence-electron chi connectivity index (χ1n) is 26.3. The van der Waals surface area contributed by atoms with Crippen molar-refractivity contribution < 1.29 is 86.8 Å². The molecule has 0 radical (unpaired) electrons. The van der Waals surface area contributed by atoms with E-state index in [0.29, 0.717) is 37.4 Å². The summed E-state index contributed by atoms with van der Waals surface area (Å²) in [5.41, 5.74) is 0. The molecule has 2 fully saturated rings. The Labute approximate surface area is 450 Å². The van der Waals surface area contributed by atoms with Gasteiger partial charge in [-0.15, -0.1) is 0 Å². The number of nitrogens with zero attached hydrogens (tertiary/aromatic N) is 2. The third kappa shape index (κ3) is 23.1. The van der Waals surface area contributed by atoms with Crippen molar-refractivity contribution >= 4 is 76.4 Å². The van der Waals surface area contributed by atoms with Crippen LogP contribution in [0.25, 0.3) is 0 Å². The molecule has 4 amide bonds. The van der Waals surface area contributed by atoms with Gasteiger partial charge in [0.15, 0.2) is 48.5 Å². The summed E-state index contributed by atoms with van der Waals surface area (Å²) >= 11 is 0. The highest BCUT2D eigenvalue weighted by atomic mass is 16.8. The summed E-state index contributed by atoms with van der Waals surface area (Å²) in [6, 6.07) is -3.41. The van der Waals surface area contributed by atoms with Crippen LogP contribution in [0.4, 0.5) is 19.2 Å². The zero-order chi connectivity index (χ0) is 56.6. The van der Waals surface area contributed by atoms with Crippen molar-refractivity contribution in [2.45, 2.75) is 186 Å². The Morgan fingerprint density at radius 1 is 0.571 bits per heavy atom. The molecule has 4 heterocycles. The molecular formula is C45H78B4N10O18. The number of hydrogen-bond donors (Lipinski definition) is 12. The van der Waals surface area contributed by atoms with Gasteiger partial charge in [0.2, 0.25) is 11.8 Å². The molecule has 4 rings (SSSR count). The van der Waals surface area contributed by atoms with Crippen molar-refractivity contribution in [2.75, 3.05) is 26.3 Å². The molecule has 32 heteroatoms. The lowest BCUT2D eigenvalue weighted by Crippen LogP contribution is -2.65. The number of hydrogen-bond acceptors (Lipinski definition) is 20. The number of alkyl carbamates (subject to hydrolysis) is 2. The molecule has 0 aromatic heterocycles. The smallest absolute Gasteiger partial charge is 0.489 e. The maximum atomic E-state index is 13.2. The number of ether oxygens (including phenoxy) is 8. The Morgan fingerprint density at radius 2 is 0.909 bits per heavy atom. The number of guanidine groups is 2. The highest BCUT2D eigenvalue weighted by Crippen LogP contribution is 2.29. The van der Waals surface area contributed by atoms with Crippen LogP contribution in [-0.2, 0) is 47.5 Å². The first-order chi connectivity index (χ1) is 36.6. The molecular weight excluding hydrogens is 1010 g/mol. The Kier molecular flexibility index (Phi) is 26.7. The number of nitrogens with one attached hydrogen (secondary N) is 8. The average Bonchev–Trinajstić information content (AvgIpc) is 3.97. The first kappa shape index (κ1) is 63.3. The molecule has 428 valence electrons. The molecule has 0 spiro atoms. The highest BCUT2D eigenvalue weighted by molar-refractivity contribution is 6.53. The van der Waals surface area contributed by atoms with Crippen LogP contribution < -0.4 is 42.4 Å². The number of carbonyl (C=O) groups is 6. The summed E-state index contributed by atoms with van der Waals surface area (Å²) in [6.45, 7) is 11.8. The first-order valence-corrected chi connectivity index (χ1v) is 26.3. The molecule has 0 aromatic rings. The molecule has 2 saturated heterocycles. The maximum absolute atomic E-state index is 13.2. The van der Waals surface area contributed by atoms with Crippen LogP contribution >= 0.6 is 0 Å². The van der Waals surface area contributed by atoms with Gasteiger partial charge in [-0.05, 0) is 66.1 Å². The van der Waals surface area contributed by atoms with Crippen LogP contribution in [0.1, 0.15) is 98.3 Å². The predicted molar refractivity (Wildman–Crippen MR) is 283 cm³/mol. The minimum atomic E-state index is -1.24. The second-order valence-electron chi connectivity index (χ2n) is 19.3. The van der Waals surface area contributed by atoms with Crippen LogP contribution in [0.2, 0.25) is 27.3 Å². The van der Waals surface area contributed by atoms with E-state index in [1.807, 2.05) is 0 Å². The minimum absolute atomic E-state index is 0.0177. The summed E-state index contributed by atoms with van der Waals surface area (Å²) in [5.74, 6) is -0.0930. The molecule has 0 saturated carbocycles. The fourth-order valence-corrected chi connectivity index (χ4v) is 8.98. The van der Waals surface area contributed by atoms with Crippen molar-refractivity contribution in [3.8, 4) is 0 Å². The van der Waals surface area contributed by atoms with Crippen molar-refractivity contribution in [1.82, 2.24) is 42.4 Å². The summed E-state index contributed by atoms with van der Waals surface area (Å²) in [7, 11) is -4.41. The van der Waals surface area contributed by atoms with Gasteiger partial charge < -0.3 is 100 Å². The van der Waals surface area contributed by atoms with Gasteiger partial charge in [0.25, 0.3) is 0 Å². The molecule has 4 unspecified atom stereocenters. The fraction of sp³-hybridized carbons (Fsp3) is 0.733. The van der Waals surface area contributed by atoms with Gasteiger partial charge in [-0.2, -0.15) is 0 Å². The van der Waals surface area contributed by atoms with E-state index in [1.54, 1.807) is 26.0 Å². The molecule has 0 aliphatic carbocycles. The van der Waals surface area contributed by atoms with Crippen molar-refractivity contribution in [1.29, 1.82) is 0 Å². The number of cyclic esters (lactones) is 4. The lowest BCUT2D eigenvalue weighted by atomic mass is 9.87. The van der Waals surface area contributed by atoms with Crippen molar-refractivity contribution in [3.63, 3.8) is 0 Å². The molecule has 0 bridgehead atoms. The molecule has 0 aromatic carbocycles. The third-order valence-electron chi connectivity index (χ3n) is 12.1. The van der Waals surface area contributed by atoms with Gasteiger partial charge in [0, 0.05) is 26.9 Å². The predicted octanol–water partition coefficient (Wildman–Crippen LogP) is 0.401. The summed E-state index contributed by atoms with van der Waals surface area (Å²) in [5, 5.41) is 62.5. The Hall–Kier alpha value is -6.26. The summed E-state index contributed by atoms with van der Waals surface area (Å²) in [4.78, 5) is 83.6. The normalized spacial score (nSPS) is 23.7. The van der Waals surface area contributed by atoms with E-state index in [4.69, 9.17) is 37.9 Å². The van der Waals surface area contributed by atoms with E-state index in [9.17, 15) is 48.9 Å². The maximum Gasteiger partial charge on any atom is 0.508 e. The highest BCUT2D eigenvalue weighted by Gasteiger charge is 2.50. The second-order valence-corrected chi connectivity index (χ2v) is 19.3. The van der Waals surface area contributed by atoms with Crippen LogP contribution in [0.3, 0.4) is 0 Å². The van der Waals surface area contributed by atoms with Gasteiger partial charge >= 0.3 is 52.7 Å².